The van der Waals surface area contributed by atoms with E-state index in [1.807, 2.05) is 18.2 Å². The number of aryl methyl sites for hydroxylation is 1. The molecule has 20 heavy (non-hydrogen) atoms. The number of carbonyl (C=O) groups is 1. The van der Waals surface area contributed by atoms with Gasteiger partial charge < -0.3 is 20.5 Å². The van der Waals surface area contributed by atoms with Gasteiger partial charge in [-0.3, -0.25) is 4.79 Å². The van der Waals surface area contributed by atoms with Crippen molar-refractivity contribution in [1.82, 2.24) is 5.32 Å². The molecule has 1 unspecified atom stereocenters. The Labute approximate surface area is 118 Å². The van der Waals surface area contributed by atoms with Gasteiger partial charge in [-0.1, -0.05) is 0 Å². The largest absolute Gasteiger partial charge is 0.491 e. The summed E-state index contributed by atoms with van der Waals surface area (Å²) < 4.78 is 5.61. The molecule has 0 radical (unpaired) electrons. The monoisotopic (exact) mass is 276 g/mol. The van der Waals surface area contributed by atoms with Crippen LogP contribution in [0.5, 0.6) is 5.75 Å². The second-order valence-corrected chi connectivity index (χ2v) is 5.51. The number of carbonyl (C=O) groups excluding carboxylic acids is 1. The predicted octanol–water partition coefficient (Wildman–Crippen LogP) is 1.06. The maximum atomic E-state index is 11.3. The molecule has 1 amide bonds. The van der Waals surface area contributed by atoms with Gasteiger partial charge in [0.05, 0.1) is 0 Å². The minimum Gasteiger partial charge on any atom is -0.491 e. The van der Waals surface area contributed by atoms with Crippen molar-refractivity contribution in [3.63, 3.8) is 0 Å². The summed E-state index contributed by atoms with van der Waals surface area (Å²) in [6.07, 6.45) is 3.19. The fourth-order valence-corrected chi connectivity index (χ4v) is 2.29. The van der Waals surface area contributed by atoms with Crippen molar-refractivity contribution in [2.75, 3.05) is 18.5 Å². The first kappa shape index (κ1) is 13.4. The van der Waals surface area contributed by atoms with Crippen LogP contribution in [0.1, 0.15) is 24.8 Å². The number of hydrogen-bond acceptors (Lipinski definition) is 4. The van der Waals surface area contributed by atoms with Crippen molar-refractivity contribution in [2.45, 2.75) is 37.8 Å². The number of anilines is 1. The molecule has 1 aromatic carbocycles. The minimum atomic E-state index is -0.494. The number of ether oxygens (including phenoxy) is 1. The molecule has 1 aliphatic carbocycles. The van der Waals surface area contributed by atoms with E-state index in [0.29, 0.717) is 19.0 Å². The zero-order chi connectivity index (χ0) is 13.9. The third-order valence-electron chi connectivity index (χ3n) is 3.63. The Balaban J connectivity index is 1.51. The first-order chi connectivity index (χ1) is 9.70. The summed E-state index contributed by atoms with van der Waals surface area (Å²) in [4.78, 5) is 11.3. The van der Waals surface area contributed by atoms with E-state index in [0.717, 1.165) is 23.4 Å². The average Bonchev–Trinajstić information content (AvgIpc) is 3.27. The molecule has 1 aromatic rings. The van der Waals surface area contributed by atoms with Gasteiger partial charge in [0.25, 0.3) is 0 Å². The van der Waals surface area contributed by atoms with E-state index in [9.17, 15) is 9.90 Å². The molecule has 0 bridgehead atoms. The molecule has 1 atom stereocenters. The Morgan fingerprint density at radius 3 is 3.05 bits per heavy atom. The molecular formula is C15H20N2O3. The highest BCUT2D eigenvalue weighted by Gasteiger charge is 2.21. The zero-order valence-corrected chi connectivity index (χ0v) is 11.4. The van der Waals surface area contributed by atoms with E-state index in [1.165, 1.54) is 12.8 Å². The fourth-order valence-electron chi connectivity index (χ4n) is 2.29. The lowest BCUT2D eigenvalue weighted by molar-refractivity contribution is -0.116. The molecule has 3 N–H and O–H groups in total. The third-order valence-corrected chi connectivity index (χ3v) is 3.63. The normalized spacial score (nSPS) is 19.1. The van der Waals surface area contributed by atoms with Crippen molar-refractivity contribution in [1.29, 1.82) is 0 Å². The second kappa shape index (κ2) is 5.81. The summed E-state index contributed by atoms with van der Waals surface area (Å²) in [5.41, 5.74) is 1.96. The number of hydrogen-bond donors (Lipinski definition) is 3. The van der Waals surface area contributed by atoms with Crippen LogP contribution in [-0.2, 0) is 11.2 Å². The first-order valence-electron chi connectivity index (χ1n) is 7.18. The number of nitrogens with one attached hydrogen (secondary N) is 2. The van der Waals surface area contributed by atoms with Gasteiger partial charge in [0, 0.05) is 24.7 Å². The maximum Gasteiger partial charge on any atom is 0.224 e. The number of aliphatic hydroxyl groups excluding tert-OH is 1. The van der Waals surface area contributed by atoms with Crippen LogP contribution in [0.25, 0.3) is 0 Å². The molecule has 1 fully saturated rings. The standard InChI is InChI=1S/C15H20N2O3/c18-12(8-16-11-2-3-11)9-20-13-4-5-14-10(7-13)1-6-15(19)17-14/h4-5,7,11-12,16,18H,1-3,6,8-9H2,(H,17,19). The van der Waals surface area contributed by atoms with Gasteiger partial charge in [-0.25, -0.2) is 0 Å². The SMILES string of the molecule is O=C1CCc2cc(OCC(O)CNC3CC3)ccc2N1. The molecule has 0 spiro atoms. The van der Waals surface area contributed by atoms with E-state index in [2.05, 4.69) is 10.6 Å². The maximum absolute atomic E-state index is 11.3. The molecule has 5 heteroatoms. The highest BCUT2D eigenvalue weighted by Crippen LogP contribution is 2.26. The van der Waals surface area contributed by atoms with Crippen molar-refractivity contribution in [3.05, 3.63) is 23.8 Å². The van der Waals surface area contributed by atoms with E-state index in [-0.39, 0.29) is 12.5 Å². The molecule has 2 aliphatic rings. The van der Waals surface area contributed by atoms with Crippen LogP contribution in [-0.4, -0.2) is 36.3 Å². The van der Waals surface area contributed by atoms with Crippen molar-refractivity contribution >= 4 is 11.6 Å². The summed E-state index contributed by atoms with van der Waals surface area (Å²) in [6, 6.07) is 6.22. The van der Waals surface area contributed by atoms with Gasteiger partial charge >= 0.3 is 0 Å². The van der Waals surface area contributed by atoms with Crippen molar-refractivity contribution < 1.29 is 14.6 Å². The van der Waals surface area contributed by atoms with Crippen LogP contribution in [0.2, 0.25) is 0 Å². The summed E-state index contributed by atoms with van der Waals surface area (Å²) in [5, 5.41) is 15.9. The van der Waals surface area contributed by atoms with Crippen LogP contribution >= 0.6 is 0 Å². The molecule has 0 saturated heterocycles. The average molecular weight is 276 g/mol. The quantitative estimate of drug-likeness (QED) is 0.726. The molecule has 1 aliphatic heterocycles. The Morgan fingerprint density at radius 1 is 1.40 bits per heavy atom. The number of aliphatic hydroxyl groups is 1. The highest BCUT2D eigenvalue weighted by molar-refractivity contribution is 5.93. The summed E-state index contributed by atoms with van der Waals surface area (Å²) in [5.74, 6) is 0.804. The molecular weight excluding hydrogens is 256 g/mol. The molecule has 1 heterocycles. The third kappa shape index (κ3) is 3.49. The van der Waals surface area contributed by atoms with Gasteiger partial charge in [-0.05, 0) is 43.0 Å². The second-order valence-electron chi connectivity index (χ2n) is 5.51. The molecule has 0 aromatic heterocycles. The number of amides is 1. The minimum absolute atomic E-state index is 0.0627. The van der Waals surface area contributed by atoms with E-state index < -0.39 is 6.10 Å². The molecule has 1 saturated carbocycles. The number of benzene rings is 1. The van der Waals surface area contributed by atoms with Gasteiger partial charge in [-0.15, -0.1) is 0 Å². The first-order valence-corrected chi connectivity index (χ1v) is 7.18. The lowest BCUT2D eigenvalue weighted by atomic mass is 10.0. The van der Waals surface area contributed by atoms with Crippen LogP contribution in [0.15, 0.2) is 18.2 Å². The van der Waals surface area contributed by atoms with Gasteiger partial charge in [0.15, 0.2) is 0 Å². The van der Waals surface area contributed by atoms with Gasteiger partial charge in [0.2, 0.25) is 5.91 Å². The van der Waals surface area contributed by atoms with E-state index >= 15 is 0 Å². The smallest absolute Gasteiger partial charge is 0.224 e. The summed E-state index contributed by atoms with van der Waals surface area (Å²) >= 11 is 0. The predicted molar refractivity (Wildman–Crippen MR) is 75.9 cm³/mol. The van der Waals surface area contributed by atoms with Crippen molar-refractivity contribution in [3.8, 4) is 5.75 Å². The Hall–Kier alpha value is -1.59. The Bertz CT molecular complexity index is 500. The van der Waals surface area contributed by atoms with E-state index in [4.69, 9.17) is 4.74 Å². The number of fused-ring (bicyclic) bond motifs is 1. The Kier molecular flexibility index (Phi) is 3.89. The number of rotatable bonds is 6. The molecule has 108 valence electrons. The zero-order valence-electron chi connectivity index (χ0n) is 11.4. The summed E-state index contributed by atoms with van der Waals surface area (Å²) in [7, 11) is 0. The van der Waals surface area contributed by atoms with Crippen LogP contribution in [0.4, 0.5) is 5.69 Å². The summed E-state index contributed by atoms with van der Waals surface area (Å²) in [6.45, 7) is 0.858. The topological polar surface area (TPSA) is 70.6 Å². The molecule has 5 nitrogen and oxygen atoms in total. The van der Waals surface area contributed by atoms with Crippen molar-refractivity contribution in [2.24, 2.45) is 0 Å². The molecule has 3 rings (SSSR count). The fraction of sp³-hybridized carbons (Fsp3) is 0.533. The van der Waals surface area contributed by atoms with E-state index in [1.54, 1.807) is 0 Å². The van der Waals surface area contributed by atoms with Gasteiger partial charge in [0.1, 0.15) is 18.5 Å². The highest BCUT2D eigenvalue weighted by atomic mass is 16.5. The lowest BCUT2D eigenvalue weighted by Gasteiger charge is -2.18. The van der Waals surface area contributed by atoms with Gasteiger partial charge in [-0.2, -0.15) is 0 Å². The lowest BCUT2D eigenvalue weighted by Crippen LogP contribution is -2.32. The van der Waals surface area contributed by atoms with Crippen LogP contribution < -0.4 is 15.4 Å². The Morgan fingerprint density at radius 2 is 2.25 bits per heavy atom. The van der Waals surface area contributed by atoms with Crippen LogP contribution in [0, 0.1) is 0 Å². The van der Waals surface area contributed by atoms with Crippen LogP contribution in [0.3, 0.4) is 0 Å².